The summed E-state index contributed by atoms with van der Waals surface area (Å²) < 4.78 is 20.8. The molecule has 0 aliphatic heterocycles. The van der Waals surface area contributed by atoms with Gasteiger partial charge in [-0.25, -0.2) is 4.57 Å². The maximum atomic E-state index is 10.7. The van der Waals surface area contributed by atoms with Crippen LogP contribution in [0.2, 0.25) is 0 Å². The van der Waals surface area contributed by atoms with Crippen molar-refractivity contribution in [1.82, 2.24) is 0 Å². The van der Waals surface area contributed by atoms with Gasteiger partial charge in [0.1, 0.15) is 18.5 Å². The van der Waals surface area contributed by atoms with Crippen molar-refractivity contribution in [1.29, 1.82) is 0 Å². The molecule has 1 unspecified atom stereocenters. The highest BCUT2D eigenvalue weighted by Crippen LogP contribution is 2.38. The van der Waals surface area contributed by atoms with Gasteiger partial charge >= 0.3 is 7.82 Å². The first-order valence-corrected chi connectivity index (χ1v) is 6.96. The summed E-state index contributed by atoms with van der Waals surface area (Å²) in [6.07, 6.45) is 0.710. The summed E-state index contributed by atoms with van der Waals surface area (Å²) in [6, 6.07) is 9.07. The van der Waals surface area contributed by atoms with Crippen LogP contribution in [0.3, 0.4) is 0 Å². The van der Waals surface area contributed by atoms with Crippen molar-refractivity contribution in [2.24, 2.45) is 0 Å². The van der Waals surface area contributed by atoms with Crippen LogP contribution in [0.4, 0.5) is 0 Å². The second-order valence-electron chi connectivity index (χ2n) is 3.63. The molecule has 1 aromatic carbocycles. The second kappa shape index (κ2) is 6.77. The first-order chi connectivity index (χ1) is 8.01. The van der Waals surface area contributed by atoms with E-state index in [2.05, 4.69) is 4.52 Å². The number of ether oxygens (including phenoxy) is 1. The number of phosphoric acid groups is 1. The number of hydrogen-bond donors (Lipinski definition) is 2. The summed E-state index contributed by atoms with van der Waals surface area (Å²) in [4.78, 5) is 17.5. The van der Waals surface area contributed by atoms with Crippen LogP contribution in [0.1, 0.15) is 19.8 Å². The van der Waals surface area contributed by atoms with E-state index in [0.29, 0.717) is 12.2 Å². The molecule has 17 heavy (non-hydrogen) atoms. The van der Waals surface area contributed by atoms with Crippen molar-refractivity contribution >= 4 is 7.82 Å². The van der Waals surface area contributed by atoms with Crippen molar-refractivity contribution in [2.45, 2.75) is 25.9 Å². The minimum absolute atomic E-state index is 0.128. The molecule has 1 atom stereocenters. The molecule has 0 aromatic heterocycles. The molecule has 0 radical (unpaired) electrons. The van der Waals surface area contributed by atoms with E-state index in [1.165, 1.54) is 0 Å². The quantitative estimate of drug-likeness (QED) is 0.736. The summed E-state index contributed by atoms with van der Waals surface area (Å²) >= 11 is 0. The maximum Gasteiger partial charge on any atom is 0.469 e. The first-order valence-electron chi connectivity index (χ1n) is 5.43. The van der Waals surface area contributed by atoms with Crippen LogP contribution in [0.25, 0.3) is 0 Å². The minimum Gasteiger partial charge on any atom is -0.491 e. The van der Waals surface area contributed by atoms with Crippen LogP contribution >= 0.6 is 7.82 Å². The first kappa shape index (κ1) is 14.2. The largest absolute Gasteiger partial charge is 0.491 e. The summed E-state index contributed by atoms with van der Waals surface area (Å²) in [5, 5.41) is 0. The fourth-order valence-electron chi connectivity index (χ4n) is 1.39. The van der Waals surface area contributed by atoms with Crippen molar-refractivity contribution in [3.05, 3.63) is 30.3 Å². The summed E-state index contributed by atoms with van der Waals surface area (Å²) in [5.74, 6) is 0.655. The SMILES string of the molecule is CCCC(COc1ccccc1)OP(=O)(O)O. The lowest BCUT2D eigenvalue weighted by molar-refractivity contribution is 0.0833. The standard InChI is InChI=1S/C11H17O5P/c1-2-6-11(16-17(12,13)14)9-15-10-7-4-3-5-8-10/h3-5,7-8,11H,2,6,9H2,1H3,(H2,12,13,14). The molecule has 0 amide bonds. The van der Waals surface area contributed by atoms with Gasteiger partial charge in [0.2, 0.25) is 0 Å². The third kappa shape index (κ3) is 6.44. The van der Waals surface area contributed by atoms with E-state index in [4.69, 9.17) is 14.5 Å². The van der Waals surface area contributed by atoms with Crippen LogP contribution < -0.4 is 4.74 Å². The van der Waals surface area contributed by atoms with Crippen LogP contribution in [-0.2, 0) is 9.09 Å². The summed E-state index contributed by atoms with van der Waals surface area (Å²) in [7, 11) is -4.45. The van der Waals surface area contributed by atoms with Gasteiger partial charge in [0.15, 0.2) is 0 Å². The number of rotatable bonds is 7. The topological polar surface area (TPSA) is 76.0 Å². The number of benzene rings is 1. The molecular formula is C11H17O5P. The van der Waals surface area contributed by atoms with Crippen molar-refractivity contribution in [2.75, 3.05) is 6.61 Å². The normalized spacial score (nSPS) is 13.4. The molecule has 2 N–H and O–H groups in total. The Morgan fingerprint density at radius 2 is 1.94 bits per heavy atom. The molecule has 0 saturated heterocycles. The van der Waals surface area contributed by atoms with Crippen LogP contribution in [0.15, 0.2) is 30.3 Å². The molecule has 5 nitrogen and oxygen atoms in total. The Balaban J connectivity index is 2.47. The van der Waals surface area contributed by atoms with Crippen molar-refractivity contribution in [3.63, 3.8) is 0 Å². The molecule has 6 heteroatoms. The lowest BCUT2D eigenvalue weighted by atomic mass is 10.2. The monoisotopic (exact) mass is 260 g/mol. The van der Waals surface area contributed by atoms with Gasteiger partial charge in [0.25, 0.3) is 0 Å². The Labute approximate surface area is 101 Å². The van der Waals surface area contributed by atoms with Crippen molar-refractivity contribution in [3.8, 4) is 5.75 Å². The van der Waals surface area contributed by atoms with E-state index in [-0.39, 0.29) is 6.61 Å². The van der Waals surface area contributed by atoms with E-state index in [0.717, 1.165) is 6.42 Å². The van der Waals surface area contributed by atoms with Gasteiger partial charge in [0, 0.05) is 0 Å². The van der Waals surface area contributed by atoms with Gasteiger partial charge in [-0.3, -0.25) is 4.52 Å². The van der Waals surface area contributed by atoms with Gasteiger partial charge in [0.05, 0.1) is 0 Å². The fourth-order valence-corrected chi connectivity index (χ4v) is 1.94. The average molecular weight is 260 g/mol. The van der Waals surface area contributed by atoms with E-state index >= 15 is 0 Å². The van der Waals surface area contributed by atoms with Gasteiger partial charge < -0.3 is 14.5 Å². The van der Waals surface area contributed by atoms with Gasteiger partial charge in [-0.05, 0) is 18.6 Å². The number of hydrogen-bond acceptors (Lipinski definition) is 3. The molecule has 0 bridgehead atoms. The predicted octanol–water partition coefficient (Wildman–Crippen LogP) is 2.34. The van der Waals surface area contributed by atoms with Crippen LogP contribution in [0.5, 0.6) is 5.75 Å². The Hall–Kier alpha value is -0.870. The molecule has 0 spiro atoms. The second-order valence-corrected chi connectivity index (χ2v) is 4.82. The molecule has 1 aromatic rings. The molecule has 0 aliphatic rings. The molecular weight excluding hydrogens is 243 g/mol. The number of phosphoric ester groups is 1. The smallest absolute Gasteiger partial charge is 0.469 e. The highest BCUT2D eigenvalue weighted by molar-refractivity contribution is 7.46. The van der Waals surface area contributed by atoms with E-state index < -0.39 is 13.9 Å². The Morgan fingerprint density at radius 1 is 1.29 bits per heavy atom. The highest BCUT2D eigenvalue weighted by Gasteiger charge is 2.22. The number of para-hydroxylation sites is 1. The molecule has 0 fully saturated rings. The summed E-state index contributed by atoms with van der Waals surface area (Å²) in [6.45, 7) is 2.04. The molecule has 0 aliphatic carbocycles. The zero-order valence-electron chi connectivity index (χ0n) is 9.65. The third-order valence-corrected chi connectivity index (χ3v) is 2.65. The Kier molecular flexibility index (Phi) is 5.65. The Morgan fingerprint density at radius 3 is 2.47 bits per heavy atom. The van der Waals surface area contributed by atoms with Gasteiger partial charge in [-0.15, -0.1) is 0 Å². The molecule has 1 rings (SSSR count). The minimum atomic E-state index is -4.45. The van der Waals surface area contributed by atoms with Gasteiger partial charge in [-0.2, -0.15) is 0 Å². The zero-order chi connectivity index (χ0) is 12.7. The predicted molar refractivity (Wildman–Crippen MR) is 63.8 cm³/mol. The van der Waals surface area contributed by atoms with E-state index in [9.17, 15) is 4.57 Å². The van der Waals surface area contributed by atoms with Gasteiger partial charge in [-0.1, -0.05) is 31.5 Å². The van der Waals surface area contributed by atoms with Crippen molar-refractivity contribution < 1.29 is 23.6 Å². The van der Waals surface area contributed by atoms with Crippen LogP contribution in [-0.4, -0.2) is 22.5 Å². The maximum absolute atomic E-state index is 10.7. The zero-order valence-corrected chi connectivity index (χ0v) is 10.5. The van der Waals surface area contributed by atoms with E-state index in [1.807, 2.05) is 25.1 Å². The highest BCUT2D eigenvalue weighted by atomic mass is 31.2. The van der Waals surface area contributed by atoms with E-state index in [1.54, 1.807) is 12.1 Å². The third-order valence-electron chi connectivity index (χ3n) is 2.08. The molecule has 0 saturated carbocycles. The lowest BCUT2D eigenvalue weighted by Gasteiger charge is -2.18. The summed E-state index contributed by atoms with van der Waals surface area (Å²) in [5.41, 5.74) is 0. The average Bonchev–Trinajstić information content (AvgIpc) is 2.26. The fraction of sp³-hybridized carbons (Fsp3) is 0.455. The van der Waals surface area contributed by atoms with Crippen LogP contribution in [0, 0.1) is 0 Å². The molecule has 0 heterocycles. The Bertz CT molecular complexity index is 361. The lowest BCUT2D eigenvalue weighted by Crippen LogP contribution is -2.20. The molecule has 96 valence electrons.